The molecule has 0 bridgehead atoms. The van der Waals surface area contributed by atoms with Crippen molar-refractivity contribution in [3.8, 4) is 11.6 Å². The largest absolute Gasteiger partial charge is 0.439 e. The van der Waals surface area contributed by atoms with E-state index in [1.54, 1.807) is 12.1 Å². The Bertz CT molecular complexity index is 579. The molecule has 0 aliphatic carbocycles. The lowest BCUT2D eigenvalue weighted by Gasteiger charge is -2.11. The molecule has 0 saturated heterocycles. The van der Waals surface area contributed by atoms with Crippen LogP contribution in [0.4, 0.5) is 13.2 Å². The fraction of sp³-hybridized carbons (Fsp3) is 0.154. The normalized spacial score (nSPS) is 10.3. The molecule has 0 atom stereocenters. The fourth-order valence-corrected chi connectivity index (χ4v) is 1.52. The van der Waals surface area contributed by atoms with Crippen molar-refractivity contribution in [3.63, 3.8) is 0 Å². The minimum Gasteiger partial charge on any atom is -0.439 e. The van der Waals surface area contributed by atoms with Gasteiger partial charge in [-0.3, -0.25) is 0 Å². The van der Waals surface area contributed by atoms with Gasteiger partial charge in [-0.1, -0.05) is 12.1 Å². The summed E-state index contributed by atoms with van der Waals surface area (Å²) in [6.45, 7) is 0.197. The zero-order chi connectivity index (χ0) is 13.9. The highest BCUT2D eigenvalue weighted by molar-refractivity contribution is 5.85. The van der Waals surface area contributed by atoms with E-state index in [9.17, 15) is 13.2 Å². The summed E-state index contributed by atoms with van der Waals surface area (Å²) in [5, 5.41) is 0. The summed E-state index contributed by atoms with van der Waals surface area (Å²) in [5.41, 5.74) is 5.36. The number of hydrogen-bond acceptors (Lipinski definition) is 3. The molecule has 21 heavy (non-hydrogen) atoms. The van der Waals surface area contributed by atoms with E-state index in [4.69, 9.17) is 10.5 Å². The van der Waals surface area contributed by atoms with Gasteiger partial charge in [0.05, 0.1) is 5.56 Å². The third kappa shape index (κ3) is 5.08. The molecule has 0 spiro atoms. The van der Waals surface area contributed by atoms with Crippen molar-refractivity contribution in [3.05, 3.63) is 53.7 Å². The average Bonchev–Trinajstić information content (AvgIpc) is 2.39. The zero-order valence-corrected chi connectivity index (χ0v) is 12.3. The summed E-state index contributed by atoms with van der Waals surface area (Å²) in [5.74, 6) is 0.285. The minimum atomic E-state index is -4.40. The molecule has 0 unspecified atom stereocenters. The monoisotopic (exact) mass is 340 g/mol. The molecule has 2 aromatic rings. The first-order valence-corrected chi connectivity index (χ1v) is 5.50. The molecule has 0 saturated carbocycles. The number of aromatic nitrogens is 1. The predicted molar refractivity (Wildman–Crippen MR) is 78.1 cm³/mol. The van der Waals surface area contributed by atoms with Crippen molar-refractivity contribution < 1.29 is 17.9 Å². The Morgan fingerprint density at radius 2 is 1.81 bits per heavy atom. The van der Waals surface area contributed by atoms with E-state index in [0.29, 0.717) is 5.56 Å². The molecule has 3 nitrogen and oxygen atoms in total. The Labute approximate surface area is 132 Å². The second-order valence-corrected chi connectivity index (χ2v) is 3.80. The van der Waals surface area contributed by atoms with Gasteiger partial charge in [0.1, 0.15) is 5.75 Å². The predicted octanol–water partition coefficient (Wildman–Crippen LogP) is 4.20. The minimum absolute atomic E-state index is 0. The molecule has 1 aromatic heterocycles. The molecule has 2 N–H and O–H groups in total. The van der Waals surface area contributed by atoms with E-state index in [1.165, 1.54) is 18.3 Å². The van der Waals surface area contributed by atoms with E-state index in [-0.39, 0.29) is 43.0 Å². The molecular weight excluding hydrogens is 328 g/mol. The van der Waals surface area contributed by atoms with Crippen LogP contribution in [0.2, 0.25) is 0 Å². The van der Waals surface area contributed by atoms with E-state index < -0.39 is 11.7 Å². The zero-order valence-electron chi connectivity index (χ0n) is 10.6. The summed E-state index contributed by atoms with van der Waals surface area (Å²) < 4.78 is 43.0. The van der Waals surface area contributed by atoms with Crippen LogP contribution in [0.15, 0.2) is 42.6 Å². The molecule has 0 amide bonds. The summed E-state index contributed by atoms with van der Waals surface area (Å²) in [6, 6.07) is 8.01. The highest BCUT2D eigenvalue weighted by atomic mass is 35.5. The maximum atomic E-state index is 12.6. The summed E-state index contributed by atoms with van der Waals surface area (Å²) in [4.78, 5) is 3.95. The molecule has 1 heterocycles. The first kappa shape index (κ1) is 19.5. The Hall–Kier alpha value is -1.50. The van der Waals surface area contributed by atoms with E-state index in [2.05, 4.69) is 4.98 Å². The maximum absolute atomic E-state index is 12.6. The van der Waals surface area contributed by atoms with Crippen LogP contribution in [0.1, 0.15) is 11.1 Å². The highest BCUT2D eigenvalue weighted by Crippen LogP contribution is 2.32. The van der Waals surface area contributed by atoms with Crippen LogP contribution >= 0.6 is 24.8 Å². The van der Waals surface area contributed by atoms with Gasteiger partial charge in [-0.2, -0.15) is 13.2 Å². The van der Waals surface area contributed by atoms with Crippen molar-refractivity contribution in [2.75, 3.05) is 0 Å². The van der Waals surface area contributed by atoms with Gasteiger partial charge in [0, 0.05) is 18.3 Å². The quantitative estimate of drug-likeness (QED) is 0.910. The smallest absolute Gasteiger partial charge is 0.416 e. The SMILES string of the molecule is Cl.Cl.NCc1cccnc1Oc1cccc(C(F)(F)F)c1. The van der Waals surface area contributed by atoms with Crippen LogP contribution in [0.25, 0.3) is 0 Å². The van der Waals surface area contributed by atoms with Crippen molar-refractivity contribution in [1.82, 2.24) is 4.98 Å². The lowest BCUT2D eigenvalue weighted by Crippen LogP contribution is -2.05. The van der Waals surface area contributed by atoms with E-state index in [1.807, 2.05) is 0 Å². The van der Waals surface area contributed by atoms with E-state index in [0.717, 1.165) is 12.1 Å². The molecule has 0 radical (unpaired) electrons. The van der Waals surface area contributed by atoms with Crippen LogP contribution < -0.4 is 10.5 Å². The molecule has 2 rings (SSSR count). The first-order valence-electron chi connectivity index (χ1n) is 5.50. The topological polar surface area (TPSA) is 48.1 Å². The van der Waals surface area contributed by atoms with Gasteiger partial charge in [-0.25, -0.2) is 4.98 Å². The molecule has 8 heteroatoms. The lowest BCUT2D eigenvalue weighted by atomic mass is 10.2. The Morgan fingerprint density at radius 3 is 2.43 bits per heavy atom. The molecule has 1 aromatic carbocycles. The van der Waals surface area contributed by atoms with Crippen LogP contribution in [0, 0.1) is 0 Å². The molecular formula is C13H13Cl2F3N2O. The molecule has 0 aliphatic heterocycles. The highest BCUT2D eigenvalue weighted by Gasteiger charge is 2.30. The third-order valence-corrected chi connectivity index (χ3v) is 2.45. The van der Waals surface area contributed by atoms with Crippen LogP contribution in [0.3, 0.4) is 0 Å². The number of pyridine rings is 1. The van der Waals surface area contributed by atoms with Crippen LogP contribution in [0.5, 0.6) is 11.6 Å². The fourth-order valence-electron chi connectivity index (χ4n) is 1.52. The Morgan fingerprint density at radius 1 is 1.10 bits per heavy atom. The first-order chi connectivity index (χ1) is 9.00. The summed E-state index contributed by atoms with van der Waals surface area (Å²) in [6.07, 6.45) is -2.91. The van der Waals surface area contributed by atoms with Crippen molar-refractivity contribution in [1.29, 1.82) is 0 Å². The number of alkyl halides is 3. The van der Waals surface area contributed by atoms with Gasteiger partial charge in [0.2, 0.25) is 5.88 Å². The Balaban J connectivity index is 0.00000200. The van der Waals surface area contributed by atoms with Gasteiger partial charge in [-0.05, 0) is 24.3 Å². The average molecular weight is 341 g/mol. The Kier molecular flexibility index (Phi) is 7.49. The van der Waals surface area contributed by atoms with Gasteiger partial charge >= 0.3 is 6.18 Å². The van der Waals surface area contributed by atoms with Gasteiger partial charge in [0.15, 0.2) is 0 Å². The van der Waals surface area contributed by atoms with E-state index >= 15 is 0 Å². The number of ether oxygens (including phenoxy) is 1. The second kappa shape index (κ2) is 8.07. The van der Waals surface area contributed by atoms with Gasteiger partial charge < -0.3 is 10.5 Å². The standard InChI is InChI=1S/C13H11F3N2O.2ClH/c14-13(15,16)10-4-1-5-11(7-10)19-12-9(8-17)3-2-6-18-12;;/h1-7H,8,17H2;2*1H. The third-order valence-electron chi connectivity index (χ3n) is 2.45. The summed E-state index contributed by atoms with van der Waals surface area (Å²) >= 11 is 0. The maximum Gasteiger partial charge on any atom is 0.416 e. The number of benzene rings is 1. The van der Waals surface area contributed by atoms with Crippen LogP contribution in [-0.2, 0) is 12.7 Å². The summed E-state index contributed by atoms with van der Waals surface area (Å²) in [7, 11) is 0. The number of rotatable bonds is 3. The van der Waals surface area contributed by atoms with Crippen molar-refractivity contribution in [2.45, 2.75) is 12.7 Å². The molecule has 0 aliphatic rings. The number of nitrogens with two attached hydrogens (primary N) is 1. The second-order valence-electron chi connectivity index (χ2n) is 3.80. The van der Waals surface area contributed by atoms with Gasteiger partial charge in [0.25, 0.3) is 0 Å². The van der Waals surface area contributed by atoms with Crippen LogP contribution in [-0.4, -0.2) is 4.98 Å². The number of nitrogens with zero attached hydrogens (tertiary/aromatic N) is 1. The number of halogens is 5. The van der Waals surface area contributed by atoms with Crippen molar-refractivity contribution >= 4 is 24.8 Å². The molecule has 116 valence electrons. The van der Waals surface area contributed by atoms with Crippen molar-refractivity contribution in [2.24, 2.45) is 5.73 Å². The molecule has 0 fully saturated rings. The lowest BCUT2D eigenvalue weighted by molar-refractivity contribution is -0.137. The number of hydrogen-bond donors (Lipinski definition) is 1. The van der Waals surface area contributed by atoms with Gasteiger partial charge in [-0.15, -0.1) is 24.8 Å².